The van der Waals surface area contributed by atoms with E-state index in [2.05, 4.69) is 10.6 Å². The predicted molar refractivity (Wildman–Crippen MR) is 144 cm³/mol. The van der Waals surface area contributed by atoms with Gasteiger partial charge in [-0.3, -0.25) is 39.0 Å². The Labute approximate surface area is 234 Å². The monoisotopic (exact) mass is 557 g/mol. The molecule has 218 valence electrons. The van der Waals surface area contributed by atoms with Crippen molar-refractivity contribution in [2.45, 2.75) is 96.6 Å². The fourth-order valence-corrected chi connectivity index (χ4v) is 4.63. The van der Waals surface area contributed by atoms with Crippen molar-refractivity contribution in [1.29, 1.82) is 0 Å². The van der Waals surface area contributed by atoms with Crippen LogP contribution in [0.5, 0.6) is 5.75 Å². The van der Waals surface area contributed by atoms with Gasteiger partial charge in [-0.25, -0.2) is 0 Å². The maximum absolute atomic E-state index is 13.1. The van der Waals surface area contributed by atoms with Gasteiger partial charge in [0.1, 0.15) is 17.4 Å². The van der Waals surface area contributed by atoms with Crippen molar-refractivity contribution in [3.05, 3.63) is 29.3 Å². The first kappa shape index (κ1) is 30.8. The zero-order valence-corrected chi connectivity index (χ0v) is 23.5. The van der Waals surface area contributed by atoms with Gasteiger partial charge in [-0.15, -0.1) is 0 Å². The van der Waals surface area contributed by atoms with E-state index in [9.17, 15) is 28.8 Å². The van der Waals surface area contributed by atoms with Gasteiger partial charge in [-0.05, 0) is 71.4 Å². The minimum absolute atomic E-state index is 0.0217. The lowest BCUT2D eigenvalue weighted by Gasteiger charge is -2.27. The Morgan fingerprint density at radius 2 is 1.70 bits per heavy atom. The molecule has 0 radical (unpaired) electrons. The van der Waals surface area contributed by atoms with Crippen LogP contribution in [0.3, 0.4) is 0 Å². The highest BCUT2D eigenvalue weighted by Crippen LogP contribution is 2.33. The molecule has 0 aliphatic carbocycles. The zero-order valence-electron chi connectivity index (χ0n) is 23.5. The molecule has 0 bridgehead atoms. The number of hydrogen-bond donors (Lipinski definition) is 2. The summed E-state index contributed by atoms with van der Waals surface area (Å²) in [6, 6.07) is 3.73. The topological polar surface area (TPSA) is 148 Å². The third-order valence-corrected chi connectivity index (χ3v) is 6.54. The SMILES string of the molecule is CC(C)(C)OC(=O)CCCCCNC(=O)CCCCCOc1cccc2c1C(=O)N(C1CCC(=O)NC1=O)C2=O. The van der Waals surface area contributed by atoms with Crippen LogP contribution in [-0.2, 0) is 23.9 Å². The van der Waals surface area contributed by atoms with Crippen LogP contribution in [0.2, 0.25) is 0 Å². The lowest BCUT2D eigenvalue weighted by Crippen LogP contribution is -2.54. The number of amides is 5. The second-order valence-corrected chi connectivity index (χ2v) is 11.0. The molecule has 1 unspecified atom stereocenters. The summed E-state index contributed by atoms with van der Waals surface area (Å²) in [5.41, 5.74) is -0.170. The first-order valence-corrected chi connectivity index (χ1v) is 13.9. The van der Waals surface area contributed by atoms with Gasteiger partial charge in [-0.2, -0.15) is 0 Å². The number of esters is 1. The van der Waals surface area contributed by atoms with Gasteiger partial charge in [0.15, 0.2) is 0 Å². The summed E-state index contributed by atoms with van der Waals surface area (Å²) in [6.07, 6.45) is 5.36. The Morgan fingerprint density at radius 3 is 2.42 bits per heavy atom. The fourth-order valence-electron chi connectivity index (χ4n) is 4.63. The molecule has 0 spiro atoms. The maximum Gasteiger partial charge on any atom is 0.306 e. The standard InChI is InChI=1S/C29H39N3O8/c1-29(2,3)40-24(35)14-7-4-8-17-30-22(33)13-6-5-9-18-39-21-12-10-11-19-25(21)28(38)32(27(19)37)20-15-16-23(34)31-26(20)36/h10-12,20H,4-9,13-18H2,1-3H3,(H,30,33)(H,31,34,36). The van der Waals surface area contributed by atoms with Gasteiger partial charge in [0.05, 0.1) is 17.7 Å². The second kappa shape index (κ2) is 14.0. The molecule has 0 saturated carbocycles. The average Bonchev–Trinajstić information content (AvgIpc) is 3.13. The number of carbonyl (C=O) groups excluding carboxylic acids is 6. The molecule has 1 fully saturated rings. The van der Waals surface area contributed by atoms with E-state index < -0.39 is 35.3 Å². The summed E-state index contributed by atoms with van der Waals surface area (Å²) in [6.45, 7) is 6.39. The molecule has 2 heterocycles. The molecule has 5 amide bonds. The number of hydrogen-bond acceptors (Lipinski definition) is 8. The van der Waals surface area contributed by atoms with Gasteiger partial charge >= 0.3 is 5.97 Å². The van der Waals surface area contributed by atoms with Crippen LogP contribution in [0, 0.1) is 0 Å². The second-order valence-electron chi connectivity index (χ2n) is 11.0. The Hall–Kier alpha value is -3.76. The first-order chi connectivity index (χ1) is 19.0. The van der Waals surface area contributed by atoms with Crippen LogP contribution in [0.1, 0.15) is 106 Å². The van der Waals surface area contributed by atoms with E-state index in [4.69, 9.17) is 9.47 Å². The first-order valence-electron chi connectivity index (χ1n) is 13.9. The lowest BCUT2D eigenvalue weighted by atomic mass is 10.0. The van der Waals surface area contributed by atoms with E-state index in [1.54, 1.807) is 12.1 Å². The number of rotatable bonds is 14. The van der Waals surface area contributed by atoms with Crippen molar-refractivity contribution in [3.8, 4) is 5.75 Å². The summed E-state index contributed by atoms with van der Waals surface area (Å²) in [4.78, 5) is 74.3. The quantitative estimate of drug-likeness (QED) is 0.201. The number of imide groups is 2. The summed E-state index contributed by atoms with van der Waals surface area (Å²) >= 11 is 0. The summed E-state index contributed by atoms with van der Waals surface area (Å²) in [5, 5.41) is 5.07. The smallest absolute Gasteiger partial charge is 0.306 e. The Bertz CT molecular complexity index is 1140. The van der Waals surface area contributed by atoms with E-state index in [1.807, 2.05) is 20.8 Å². The van der Waals surface area contributed by atoms with Crippen LogP contribution >= 0.6 is 0 Å². The van der Waals surface area contributed by atoms with Gasteiger partial charge in [0.2, 0.25) is 17.7 Å². The van der Waals surface area contributed by atoms with Crippen LogP contribution in [-0.4, -0.2) is 65.2 Å². The highest BCUT2D eigenvalue weighted by atomic mass is 16.6. The summed E-state index contributed by atoms with van der Waals surface area (Å²) in [5.74, 6) is -2.21. The molecule has 2 N–H and O–H groups in total. The van der Waals surface area contributed by atoms with Crippen LogP contribution < -0.4 is 15.4 Å². The third-order valence-electron chi connectivity index (χ3n) is 6.54. The molecule has 1 saturated heterocycles. The van der Waals surface area contributed by atoms with Gasteiger partial charge in [-0.1, -0.05) is 12.5 Å². The average molecular weight is 558 g/mol. The van der Waals surface area contributed by atoms with E-state index in [-0.39, 0.29) is 41.6 Å². The van der Waals surface area contributed by atoms with Crippen molar-refractivity contribution in [2.24, 2.45) is 0 Å². The van der Waals surface area contributed by atoms with Gasteiger partial charge in [0.25, 0.3) is 11.8 Å². The minimum Gasteiger partial charge on any atom is -0.493 e. The van der Waals surface area contributed by atoms with E-state index in [0.29, 0.717) is 38.8 Å². The van der Waals surface area contributed by atoms with E-state index in [0.717, 1.165) is 30.6 Å². The molecular formula is C29H39N3O8. The Morgan fingerprint density at radius 1 is 0.975 bits per heavy atom. The van der Waals surface area contributed by atoms with Crippen molar-refractivity contribution >= 4 is 35.5 Å². The number of carbonyl (C=O) groups is 6. The zero-order chi connectivity index (χ0) is 29.3. The van der Waals surface area contributed by atoms with E-state index in [1.165, 1.54) is 6.07 Å². The normalized spacial score (nSPS) is 17.0. The van der Waals surface area contributed by atoms with Gasteiger partial charge < -0.3 is 14.8 Å². The molecule has 3 rings (SSSR count). The molecule has 1 aromatic carbocycles. The largest absolute Gasteiger partial charge is 0.493 e. The Kier molecular flexibility index (Phi) is 10.8. The highest BCUT2D eigenvalue weighted by molar-refractivity contribution is 6.24. The fraction of sp³-hybridized carbons (Fsp3) is 0.586. The number of nitrogens with zero attached hydrogens (tertiary/aromatic N) is 1. The van der Waals surface area contributed by atoms with Crippen molar-refractivity contribution in [3.63, 3.8) is 0 Å². The van der Waals surface area contributed by atoms with E-state index >= 15 is 0 Å². The number of fused-ring (bicyclic) bond motifs is 1. The number of piperidine rings is 1. The molecular weight excluding hydrogens is 518 g/mol. The molecule has 11 heteroatoms. The van der Waals surface area contributed by atoms with Crippen molar-refractivity contribution in [2.75, 3.05) is 13.2 Å². The lowest BCUT2D eigenvalue weighted by molar-refractivity contribution is -0.155. The van der Waals surface area contributed by atoms with Gasteiger partial charge in [0, 0.05) is 25.8 Å². The predicted octanol–water partition coefficient (Wildman–Crippen LogP) is 3.05. The number of nitrogens with one attached hydrogen (secondary N) is 2. The third kappa shape index (κ3) is 8.62. The molecule has 1 aromatic rings. The summed E-state index contributed by atoms with van der Waals surface area (Å²) < 4.78 is 11.1. The molecule has 1 atom stereocenters. The highest BCUT2D eigenvalue weighted by Gasteiger charge is 2.46. The van der Waals surface area contributed by atoms with Crippen molar-refractivity contribution < 1.29 is 38.2 Å². The maximum atomic E-state index is 13.1. The molecule has 2 aliphatic heterocycles. The molecule has 0 aromatic heterocycles. The summed E-state index contributed by atoms with van der Waals surface area (Å²) in [7, 11) is 0. The van der Waals surface area contributed by atoms with Crippen LogP contribution in [0.4, 0.5) is 0 Å². The molecule has 2 aliphatic rings. The molecule has 40 heavy (non-hydrogen) atoms. The minimum atomic E-state index is -1.03. The van der Waals surface area contributed by atoms with Crippen LogP contribution in [0.15, 0.2) is 18.2 Å². The van der Waals surface area contributed by atoms with Crippen molar-refractivity contribution in [1.82, 2.24) is 15.5 Å². The van der Waals surface area contributed by atoms with Crippen LogP contribution in [0.25, 0.3) is 0 Å². The number of unbranched alkanes of at least 4 members (excludes halogenated alkanes) is 4. The molecule has 11 nitrogen and oxygen atoms in total. The number of ether oxygens (including phenoxy) is 2. The Balaban J connectivity index is 1.32. The number of benzene rings is 1.